The Morgan fingerprint density at radius 2 is 1.88 bits per heavy atom. The van der Waals surface area contributed by atoms with E-state index in [1.54, 1.807) is 14.0 Å². The molecule has 4 heteroatoms. The van der Waals surface area contributed by atoms with E-state index in [1.165, 1.54) is 0 Å². The van der Waals surface area contributed by atoms with Crippen LogP contribution in [0.4, 0.5) is 0 Å². The molecular weight excluding hydrogens is 226 g/mol. The second kappa shape index (κ2) is 5.21. The number of nitrogens with one attached hydrogen (secondary N) is 1. The lowest BCUT2D eigenvalue weighted by atomic mass is 10.1. The van der Waals surface area contributed by atoms with Crippen LogP contribution in [0.2, 0.25) is 5.02 Å². The van der Waals surface area contributed by atoms with Crippen LogP contribution in [0.3, 0.4) is 0 Å². The molecule has 1 aromatic carbocycles. The van der Waals surface area contributed by atoms with Gasteiger partial charge in [-0.1, -0.05) is 11.6 Å². The van der Waals surface area contributed by atoms with Crippen LogP contribution in [0.1, 0.15) is 18.1 Å². The van der Waals surface area contributed by atoms with Gasteiger partial charge in [0.15, 0.2) is 6.10 Å². The summed E-state index contributed by atoms with van der Waals surface area (Å²) in [5.41, 5.74) is 1.89. The van der Waals surface area contributed by atoms with Crippen LogP contribution < -0.4 is 10.1 Å². The number of ether oxygens (including phenoxy) is 1. The Balaban J connectivity index is 2.86. The molecular formula is C12H16ClNO2. The van der Waals surface area contributed by atoms with E-state index in [1.807, 2.05) is 26.0 Å². The molecule has 1 amide bonds. The van der Waals surface area contributed by atoms with Crippen molar-refractivity contribution >= 4 is 17.5 Å². The molecule has 16 heavy (non-hydrogen) atoms. The summed E-state index contributed by atoms with van der Waals surface area (Å²) in [7, 11) is 1.58. The lowest BCUT2D eigenvalue weighted by Crippen LogP contribution is -2.33. The van der Waals surface area contributed by atoms with Crippen molar-refractivity contribution in [3.63, 3.8) is 0 Å². The Morgan fingerprint density at radius 1 is 1.38 bits per heavy atom. The van der Waals surface area contributed by atoms with E-state index in [0.717, 1.165) is 16.1 Å². The van der Waals surface area contributed by atoms with Gasteiger partial charge in [0.05, 0.1) is 0 Å². The molecule has 1 rings (SSSR count). The van der Waals surface area contributed by atoms with Crippen molar-refractivity contribution in [2.75, 3.05) is 7.05 Å². The van der Waals surface area contributed by atoms with Crippen molar-refractivity contribution < 1.29 is 9.53 Å². The van der Waals surface area contributed by atoms with E-state index in [4.69, 9.17) is 16.3 Å². The highest BCUT2D eigenvalue weighted by Gasteiger charge is 2.13. The minimum absolute atomic E-state index is 0.148. The molecule has 0 aliphatic rings. The molecule has 0 saturated heterocycles. The van der Waals surface area contributed by atoms with Crippen LogP contribution in [0.5, 0.6) is 5.75 Å². The summed E-state index contributed by atoms with van der Waals surface area (Å²) >= 11 is 6.04. The highest BCUT2D eigenvalue weighted by atomic mass is 35.5. The molecule has 0 unspecified atom stereocenters. The number of halogens is 1. The number of amides is 1. The number of aryl methyl sites for hydroxylation is 2. The highest BCUT2D eigenvalue weighted by Crippen LogP contribution is 2.26. The van der Waals surface area contributed by atoms with Gasteiger partial charge in [0, 0.05) is 12.1 Å². The van der Waals surface area contributed by atoms with E-state index in [9.17, 15) is 4.79 Å². The molecule has 0 saturated carbocycles. The summed E-state index contributed by atoms with van der Waals surface area (Å²) in [6, 6.07) is 3.66. The average molecular weight is 242 g/mol. The van der Waals surface area contributed by atoms with Crippen LogP contribution in [-0.4, -0.2) is 19.1 Å². The maximum atomic E-state index is 11.3. The molecule has 1 atom stereocenters. The molecule has 0 aliphatic carbocycles. The largest absolute Gasteiger partial charge is 0.481 e. The number of rotatable bonds is 3. The van der Waals surface area contributed by atoms with Crippen molar-refractivity contribution in [3.8, 4) is 5.75 Å². The quantitative estimate of drug-likeness (QED) is 0.883. The fraction of sp³-hybridized carbons (Fsp3) is 0.417. The van der Waals surface area contributed by atoms with Gasteiger partial charge in [-0.3, -0.25) is 4.79 Å². The Kier molecular flexibility index (Phi) is 4.19. The summed E-state index contributed by atoms with van der Waals surface area (Å²) in [6.07, 6.45) is -0.509. The second-order valence-electron chi connectivity index (χ2n) is 3.75. The summed E-state index contributed by atoms with van der Waals surface area (Å²) in [6.45, 7) is 5.53. The van der Waals surface area contributed by atoms with Gasteiger partial charge in [-0.2, -0.15) is 0 Å². The van der Waals surface area contributed by atoms with Crippen molar-refractivity contribution in [2.24, 2.45) is 0 Å². The zero-order valence-electron chi connectivity index (χ0n) is 9.93. The van der Waals surface area contributed by atoms with E-state index >= 15 is 0 Å². The van der Waals surface area contributed by atoms with Crippen LogP contribution in [0.25, 0.3) is 0 Å². The molecule has 0 radical (unpaired) electrons. The number of likely N-dealkylation sites (N-methyl/N-ethyl adjacent to an activating group) is 1. The van der Waals surface area contributed by atoms with Gasteiger partial charge in [-0.25, -0.2) is 0 Å². The monoisotopic (exact) mass is 241 g/mol. The standard InChI is InChI=1S/C12H16ClNO2/c1-7-5-10(6-8(2)11(7)13)16-9(3)12(15)14-4/h5-6,9H,1-4H3,(H,14,15)/t9-/m0/s1. The first-order valence-electron chi connectivity index (χ1n) is 5.10. The summed E-state index contributed by atoms with van der Waals surface area (Å²) in [4.78, 5) is 11.3. The van der Waals surface area contributed by atoms with Gasteiger partial charge in [0.1, 0.15) is 5.75 Å². The number of carbonyl (C=O) groups excluding carboxylic acids is 1. The van der Waals surface area contributed by atoms with Gasteiger partial charge in [-0.05, 0) is 44.0 Å². The predicted molar refractivity (Wildman–Crippen MR) is 65.1 cm³/mol. The third-order valence-electron chi connectivity index (χ3n) is 2.34. The summed E-state index contributed by atoms with van der Waals surface area (Å²) < 4.78 is 5.51. The molecule has 0 heterocycles. The SMILES string of the molecule is CNC(=O)[C@H](C)Oc1cc(C)c(Cl)c(C)c1. The lowest BCUT2D eigenvalue weighted by molar-refractivity contribution is -0.126. The Labute approximate surface area is 101 Å². The predicted octanol–water partition coefficient (Wildman–Crippen LogP) is 2.47. The molecule has 1 N–H and O–H groups in total. The number of carbonyl (C=O) groups is 1. The third kappa shape index (κ3) is 2.89. The Bertz CT molecular complexity index is 381. The molecule has 0 aliphatic heterocycles. The zero-order chi connectivity index (χ0) is 12.3. The van der Waals surface area contributed by atoms with Gasteiger partial charge in [0.2, 0.25) is 0 Å². The minimum Gasteiger partial charge on any atom is -0.481 e. The molecule has 0 fully saturated rings. The van der Waals surface area contributed by atoms with Crippen molar-refractivity contribution in [3.05, 3.63) is 28.3 Å². The summed E-state index contributed by atoms with van der Waals surface area (Å²) in [5.74, 6) is 0.515. The van der Waals surface area contributed by atoms with Gasteiger partial charge in [0.25, 0.3) is 5.91 Å². The van der Waals surface area contributed by atoms with Gasteiger partial charge < -0.3 is 10.1 Å². The van der Waals surface area contributed by atoms with E-state index in [-0.39, 0.29) is 5.91 Å². The highest BCUT2D eigenvalue weighted by molar-refractivity contribution is 6.32. The van der Waals surface area contributed by atoms with Crippen LogP contribution in [-0.2, 0) is 4.79 Å². The topological polar surface area (TPSA) is 38.3 Å². The molecule has 1 aromatic rings. The van der Waals surface area contributed by atoms with Crippen LogP contribution in [0, 0.1) is 13.8 Å². The van der Waals surface area contributed by atoms with Crippen molar-refractivity contribution in [2.45, 2.75) is 26.9 Å². The van der Waals surface area contributed by atoms with Crippen LogP contribution >= 0.6 is 11.6 Å². The second-order valence-corrected chi connectivity index (χ2v) is 4.12. The van der Waals surface area contributed by atoms with Gasteiger partial charge >= 0.3 is 0 Å². The van der Waals surface area contributed by atoms with Crippen molar-refractivity contribution in [1.29, 1.82) is 0 Å². The maximum Gasteiger partial charge on any atom is 0.260 e. The lowest BCUT2D eigenvalue weighted by Gasteiger charge is -2.14. The molecule has 0 bridgehead atoms. The van der Waals surface area contributed by atoms with Gasteiger partial charge in [-0.15, -0.1) is 0 Å². The Hall–Kier alpha value is -1.22. The smallest absolute Gasteiger partial charge is 0.260 e. The third-order valence-corrected chi connectivity index (χ3v) is 2.93. The molecule has 88 valence electrons. The normalized spacial score (nSPS) is 12.1. The number of hydrogen-bond donors (Lipinski definition) is 1. The maximum absolute atomic E-state index is 11.3. The molecule has 0 aromatic heterocycles. The van der Waals surface area contributed by atoms with Crippen LogP contribution in [0.15, 0.2) is 12.1 Å². The summed E-state index contributed by atoms with van der Waals surface area (Å²) in [5, 5.41) is 3.27. The average Bonchev–Trinajstić information content (AvgIpc) is 2.24. The number of benzene rings is 1. The van der Waals surface area contributed by atoms with E-state index in [2.05, 4.69) is 5.32 Å². The molecule has 0 spiro atoms. The number of hydrogen-bond acceptors (Lipinski definition) is 2. The zero-order valence-corrected chi connectivity index (χ0v) is 10.7. The first-order valence-corrected chi connectivity index (χ1v) is 5.48. The Morgan fingerprint density at radius 3 is 2.31 bits per heavy atom. The first kappa shape index (κ1) is 12.8. The van der Waals surface area contributed by atoms with E-state index in [0.29, 0.717) is 5.75 Å². The van der Waals surface area contributed by atoms with E-state index < -0.39 is 6.10 Å². The fourth-order valence-corrected chi connectivity index (χ4v) is 1.54. The molecule has 3 nitrogen and oxygen atoms in total. The minimum atomic E-state index is -0.509. The first-order chi connectivity index (χ1) is 7.45. The fourth-order valence-electron chi connectivity index (χ4n) is 1.44. The van der Waals surface area contributed by atoms with Crippen molar-refractivity contribution in [1.82, 2.24) is 5.32 Å².